The number of hydrogen-bond donors (Lipinski definition) is 1. The maximum absolute atomic E-state index is 5.99. The smallest absolute Gasteiger partial charge is 0.133 e. The predicted octanol–water partition coefficient (Wildman–Crippen LogP) is 5.57. The first kappa shape index (κ1) is 15.4. The van der Waals surface area contributed by atoms with Crippen LogP contribution in [0.3, 0.4) is 0 Å². The second-order valence-electron chi connectivity index (χ2n) is 4.52. The van der Waals surface area contributed by atoms with Crippen LogP contribution in [0.2, 0.25) is 5.02 Å². The van der Waals surface area contributed by atoms with Gasteiger partial charge in [0.1, 0.15) is 11.5 Å². The Hall–Kier alpha value is -1.03. The first-order chi connectivity index (χ1) is 9.60. The summed E-state index contributed by atoms with van der Waals surface area (Å²) in [6.45, 7) is 5.12. The van der Waals surface area contributed by atoms with Crippen LogP contribution in [-0.4, -0.2) is 6.54 Å². The van der Waals surface area contributed by atoms with Crippen LogP contribution in [0.1, 0.15) is 25.5 Å². The van der Waals surface area contributed by atoms with Crippen molar-refractivity contribution >= 4 is 27.5 Å². The Labute approximate surface area is 133 Å². The molecule has 20 heavy (non-hydrogen) atoms. The van der Waals surface area contributed by atoms with Gasteiger partial charge in [-0.1, -0.05) is 46.6 Å². The summed E-state index contributed by atoms with van der Waals surface area (Å²) in [7, 11) is 0. The van der Waals surface area contributed by atoms with E-state index >= 15 is 0 Å². The molecule has 0 fully saturated rings. The van der Waals surface area contributed by atoms with E-state index in [1.54, 1.807) is 0 Å². The number of ether oxygens (including phenoxy) is 1. The normalized spacial score (nSPS) is 12.2. The summed E-state index contributed by atoms with van der Waals surface area (Å²) in [5.74, 6) is 1.57. The van der Waals surface area contributed by atoms with Crippen LogP contribution in [0.4, 0.5) is 0 Å². The van der Waals surface area contributed by atoms with Crippen LogP contribution in [0.5, 0.6) is 11.5 Å². The minimum atomic E-state index is 0.224. The van der Waals surface area contributed by atoms with Gasteiger partial charge in [0, 0.05) is 21.1 Å². The van der Waals surface area contributed by atoms with Gasteiger partial charge in [-0.2, -0.15) is 0 Å². The Bertz CT molecular complexity index is 588. The van der Waals surface area contributed by atoms with Gasteiger partial charge >= 0.3 is 0 Å². The van der Waals surface area contributed by atoms with Gasteiger partial charge in [-0.3, -0.25) is 0 Å². The predicted molar refractivity (Wildman–Crippen MR) is 87.8 cm³/mol. The number of hydrogen-bond acceptors (Lipinski definition) is 2. The molecule has 0 radical (unpaired) electrons. The van der Waals surface area contributed by atoms with Crippen LogP contribution in [0.25, 0.3) is 0 Å². The number of halogens is 2. The molecule has 2 nitrogen and oxygen atoms in total. The highest BCUT2D eigenvalue weighted by Crippen LogP contribution is 2.33. The van der Waals surface area contributed by atoms with Crippen molar-refractivity contribution < 1.29 is 4.74 Å². The van der Waals surface area contributed by atoms with Gasteiger partial charge in [-0.05, 0) is 43.8 Å². The second kappa shape index (κ2) is 7.11. The Morgan fingerprint density at radius 2 is 2.05 bits per heavy atom. The van der Waals surface area contributed by atoms with E-state index in [2.05, 4.69) is 41.2 Å². The van der Waals surface area contributed by atoms with Crippen molar-refractivity contribution in [2.45, 2.75) is 19.9 Å². The fourth-order valence-corrected chi connectivity index (χ4v) is 2.55. The molecule has 0 bridgehead atoms. The molecule has 0 amide bonds. The molecule has 0 aliphatic rings. The highest BCUT2D eigenvalue weighted by atomic mass is 79.9. The Kier molecular flexibility index (Phi) is 5.46. The lowest BCUT2D eigenvalue weighted by atomic mass is 10.1. The third-order valence-electron chi connectivity index (χ3n) is 2.98. The average Bonchev–Trinajstić information content (AvgIpc) is 2.39. The van der Waals surface area contributed by atoms with Gasteiger partial charge in [-0.15, -0.1) is 0 Å². The lowest BCUT2D eigenvalue weighted by Crippen LogP contribution is -2.18. The molecule has 4 heteroatoms. The Balaban J connectivity index is 2.32. The maximum atomic E-state index is 5.99. The minimum absolute atomic E-state index is 0.224. The van der Waals surface area contributed by atoms with Crippen molar-refractivity contribution in [3.8, 4) is 11.5 Å². The number of benzene rings is 2. The third kappa shape index (κ3) is 3.98. The van der Waals surface area contributed by atoms with E-state index < -0.39 is 0 Å². The summed E-state index contributed by atoms with van der Waals surface area (Å²) in [6.07, 6.45) is 0. The van der Waals surface area contributed by atoms with Gasteiger partial charge in [-0.25, -0.2) is 0 Å². The fraction of sp³-hybridized carbons (Fsp3) is 0.250. The molecular weight excluding hydrogens is 338 g/mol. The summed E-state index contributed by atoms with van der Waals surface area (Å²) >= 11 is 9.48. The third-order valence-corrected chi connectivity index (χ3v) is 3.70. The molecule has 0 aromatic heterocycles. The van der Waals surface area contributed by atoms with Crippen LogP contribution in [0, 0.1) is 0 Å². The molecule has 0 spiro atoms. The summed E-state index contributed by atoms with van der Waals surface area (Å²) in [5.41, 5.74) is 1.12. The molecule has 2 rings (SSSR count). The van der Waals surface area contributed by atoms with Crippen LogP contribution in [0.15, 0.2) is 46.9 Å². The molecule has 0 saturated heterocycles. The second-order valence-corrected chi connectivity index (χ2v) is 5.87. The van der Waals surface area contributed by atoms with Crippen molar-refractivity contribution in [2.75, 3.05) is 6.54 Å². The zero-order chi connectivity index (χ0) is 14.5. The van der Waals surface area contributed by atoms with Crippen molar-refractivity contribution in [2.24, 2.45) is 0 Å². The van der Waals surface area contributed by atoms with Crippen LogP contribution in [-0.2, 0) is 0 Å². The molecule has 0 heterocycles. The Morgan fingerprint density at radius 3 is 2.75 bits per heavy atom. The molecule has 1 N–H and O–H groups in total. The molecule has 0 saturated carbocycles. The van der Waals surface area contributed by atoms with Gasteiger partial charge < -0.3 is 10.1 Å². The molecule has 2 aromatic rings. The molecule has 0 aliphatic heterocycles. The summed E-state index contributed by atoms with van der Waals surface area (Å²) < 4.78 is 6.97. The monoisotopic (exact) mass is 353 g/mol. The van der Waals surface area contributed by atoms with Crippen LogP contribution < -0.4 is 10.1 Å². The van der Waals surface area contributed by atoms with Gasteiger partial charge in [0.05, 0.1) is 0 Å². The summed E-state index contributed by atoms with van der Waals surface area (Å²) in [5, 5.41) is 4.06. The molecule has 0 aliphatic carbocycles. The average molecular weight is 355 g/mol. The van der Waals surface area contributed by atoms with E-state index in [1.807, 2.05) is 36.4 Å². The highest BCUT2D eigenvalue weighted by Gasteiger charge is 2.12. The van der Waals surface area contributed by atoms with E-state index in [4.69, 9.17) is 16.3 Å². The zero-order valence-corrected chi connectivity index (χ0v) is 13.8. The minimum Gasteiger partial charge on any atom is -0.457 e. The topological polar surface area (TPSA) is 21.3 Å². The Morgan fingerprint density at radius 1 is 1.25 bits per heavy atom. The maximum Gasteiger partial charge on any atom is 0.133 e. The summed E-state index contributed by atoms with van der Waals surface area (Å²) in [4.78, 5) is 0. The van der Waals surface area contributed by atoms with E-state index in [1.165, 1.54) is 0 Å². The molecule has 1 atom stereocenters. The van der Waals surface area contributed by atoms with E-state index in [-0.39, 0.29) is 6.04 Å². The largest absolute Gasteiger partial charge is 0.457 e. The first-order valence-corrected chi connectivity index (χ1v) is 7.73. The highest BCUT2D eigenvalue weighted by molar-refractivity contribution is 9.10. The van der Waals surface area contributed by atoms with Crippen LogP contribution >= 0.6 is 27.5 Å². The molecule has 1 unspecified atom stereocenters. The molecule has 2 aromatic carbocycles. The van der Waals surface area contributed by atoms with Crippen molar-refractivity contribution in [1.82, 2.24) is 5.32 Å². The fourth-order valence-electron chi connectivity index (χ4n) is 2.03. The SMILES string of the molecule is CCNC(C)c1ccc(Br)cc1Oc1cccc(Cl)c1. The summed E-state index contributed by atoms with van der Waals surface area (Å²) in [6, 6.07) is 13.7. The first-order valence-electron chi connectivity index (χ1n) is 6.56. The zero-order valence-electron chi connectivity index (χ0n) is 11.5. The molecular formula is C16H17BrClNO. The number of rotatable bonds is 5. The van der Waals surface area contributed by atoms with E-state index in [0.29, 0.717) is 5.02 Å². The molecule has 106 valence electrons. The van der Waals surface area contributed by atoms with Crippen molar-refractivity contribution in [3.63, 3.8) is 0 Å². The lowest BCUT2D eigenvalue weighted by Gasteiger charge is -2.18. The quantitative estimate of drug-likeness (QED) is 0.758. The van der Waals surface area contributed by atoms with Gasteiger partial charge in [0.15, 0.2) is 0 Å². The van der Waals surface area contributed by atoms with Gasteiger partial charge in [0.25, 0.3) is 0 Å². The van der Waals surface area contributed by atoms with E-state index in [0.717, 1.165) is 28.1 Å². The van der Waals surface area contributed by atoms with Gasteiger partial charge in [0.2, 0.25) is 0 Å². The van der Waals surface area contributed by atoms with Crippen molar-refractivity contribution in [1.29, 1.82) is 0 Å². The van der Waals surface area contributed by atoms with E-state index in [9.17, 15) is 0 Å². The number of nitrogens with one attached hydrogen (secondary N) is 1. The standard InChI is InChI=1S/C16H17BrClNO/c1-3-19-11(2)15-8-7-12(17)9-16(15)20-14-6-4-5-13(18)10-14/h4-11,19H,3H2,1-2H3. The lowest BCUT2D eigenvalue weighted by molar-refractivity contribution is 0.463. The van der Waals surface area contributed by atoms with Crippen molar-refractivity contribution in [3.05, 3.63) is 57.5 Å².